The summed E-state index contributed by atoms with van der Waals surface area (Å²) in [6.45, 7) is 3.51. The average molecular weight is 552 g/mol. The molecule has 0 aromatic heterocycles. The zero-order chi connectivity index (χ0) is 23.5. The average Bonchev–Trinajstić information content (AvgIpc) is 2.78. The largest absolute Gasteiger partial charge is 0.493 e. The van der Waals surface area contributed by atoms with E-state index in [0.29, 0.717) is 32.7 Å². The van der Waals surface area contributed by atoms with Crippen molar-refractivity contribution in [2.45, 2.75) is 26.3 Å². The number of rotatable bonds is 9. The highest BCUT2D eigenvalue weighted by atomic mass is 127. The van der Waals surface area contributed by atoms with Crippen LogP contribution in [-0.4, -0.2) is 43.7 Å². The number of methoxy groups -OCH3 is 1. The predicted molar refractivity (Wildman–Crippen MR) is 130 cm³/mol. The van der Waals surface area contributed by atoms with E-state index in [2.05, 4.69) is 21.2 Å². The van der Waals surface area contributed by atoms with Gasteiger partial charge < -0.3 is 20.1 Å². The number of benzene rings is 2. The zero-order valence-corrected chi connectivity index (χ0v) is 20.1. The lowest BCUT2D eigenvalue weighted by Gasteiger charge is -2.13. The monoisotopic (exact) mass is 552 g/mol. The fourth-order valence-electron chi connectivity index (χ4n) is 2.42. The minimum absolute atomic E-state index is 0.106. The topological polar surface area (TPSA) is 118 Å². The van der Waals surface area contributed by atoms with Crippen LogP contribution in [0.5, 0.6) is 11.5 Å². The Labute approximate surface area is 200 Å². The van der Waals surface area contributed by atoms with Crippen LogP contribution in [0.1, 0.15) is 25.8 Å². The molecule has 0 spiro atoms. The molecule has 0 aliphatic carbocycles. The molecular formula is C22H25IN4O5. The van der Waals surface area contributed by atoms with Crippen LogP contribution >= 0.6 is 22.6 Å². The molecule has 0 bridgehead atoms. The molecular weight excluding hydrogens is 527 g/mol. The number of hydrogen-bond acceptors (Lipinski definition) is 6. The van der Waals surface area contributed by atoms with Gasteiger partial charge in [-0.2, -0.15) is 5.10 Å². The normalized spacial score (nSPS) is 11.5. The van der Waals surface area contributed by atoms with E-state index in [1.54, 1.807) is 31.2 Å². The van der Waals surface area contributed by atoms with Gasteiger partial charge in [0.2, 0.25) is 0 Å². The van der Waals surface area contributed by atoms with Crippen molar-refractivity contribution in [3.63, 3.8) is 0 Å². The van der Waals surface area contributed by atoms with E-state index in [1.807, 2.05) is 47.7 Å². The van der Waals surface area contributed by atoms with Crippen LogP contribution in [0.2, 0.25) is 0 Å². The summed E-state index contributed by atoms with van der Waals surface area (Å²) in [5.74, 6) is -1.11. The number of nitrogens with zero attached hydrogens (tertiary/aromatic N) is 1. The van der Waals surface area contributed by atoms with E-state index in [4.69, 9.17) is 9.47 Å². The molecule has 0 aliphatic rings. The van der Waals surface area contributed by atoms with Crippen LogP contribution in [0.4, 0.5) is 5.69 Å². The second kappa shape index (κ2) is 12.6. The summed E-state index contributed by atoms with van der Waals surface area (Å²) in [4.78, 5) is 35.7. The van der Waals surface area contributed by atoms with Crippen molar-refractivity contribution in [2.75, 3.05) is 19.0 Å². The Balaban J connectivity index is 1.98. The first-order chi connectivity index (χ1) is 15.3. The fourth-order valence-corrected chi connectivity index (χ4v) is 3.20. The minimum Gasteiger partial charge on any atom is -0.493 e. The SMILES string of the molecule is CC[C@H](C)NC(=O)C(=O)N/N=C\c1cc(I)c(OCC(=O)Nc2ccccc2)c(OC)c1. The van der Waals surface area contributed by atoms with Crippen LogP contribution in [-0.2, 0) is 14.4 Å². The molecule has 1 atom stereocenters. The zero-order valence-electron chi connectivity index (χ0n) is 18.0. The van der Waals surface area contributed by atoms with Crippen molar-refractivity contribution in [1.82, 2.24) is 10.7 Å². The molecule has 0 unspecified atom stereocenters. The van der Waals surface area contributed by atoms with Gasteiger partial charge in [-0.3, -0.25) is 14.4 Å². The summed E-state index contributed by atoms with van der Waals surface area (Å²) in [7, 11) is 1.48. The lowest BCUT2D eigenvalue weighted by atomic mass is 10.2. The second-order valence-corrected chi connectivity index (χ2v) is 7.88. The Kier molecular flexibility index (Phi) is 9.92. The molecule has 2 aromatic rings. The molecule has 3 amide bonds. The van der Waals surface area contributed by atoms with Crippen molar-refractivity contribution < 1.29 is 23.9 Å². The smallest absolute Gasteiger partial charge is 0.329 e. The maximum atomic E-state index is 12.1. The molecule has 10 heteroatoms. The molecule has 2 aromatic carbocycles. The Morgan fingerprint density at radius 2 is 1.88 bits per heavy atom. The summed E-state index contributed by atoms with van der Waals surface area (Å²) < 4.78 is 11.7. The van der Waals surface area contributed by atoms with Crippen molar-refractivity contribution >= 4 is 52.2 Å². The van der Waals surface area contributed by atoms with E-state index < -0.39 is 11.8 Å². The molecule has 9 nitrogen and oxygen atoms in total. The second-order valence-electron chi connectivity index (χ2n) is 6.72. The van der Waals surface area contributed by atoms with Gasteiger partial charge in [-0.05, 0) is 65.8 Å². The van der Waals surface area contributed by atoms with E-state index >= 15 is 0 Å². The van der Waals surface area contributed by atoms with E-state index in [-0.39, 0.29) is 18.6 Å². The third kappa shape index (κ3) is 7.84. The molecule has 0 radical (unpaired) electrons. The van der Waals surface area contributed by atoms with Gasteiger partial charge in [0, 0.05) is 11.7 Å². The van der Waals surface area contributed by atoms with E-state index in [0.717, 1.165) is 0 Å². The van der Waals surface area contributed by atoms with Crippen molar-refractivity contribution in [1.29, 1.82) is 0 Å². The lowest BCUT2D eigenvalue weighted by Crippen LogP contribution is -2.41. The number of hydrogen-bond donors (Lipinski definition) is 3. The molecule has 0 fully saturated rings. The Morgan fingerprint density at radius 1 is 1.16 bits per heavy atom. The first-order valence-electron chi connectivity index (χ1n) is 9.83. The van der Waals surface area contributed by atoms with Crippen LogP contribution in [0, 0.1) is 3.57 Å². The van der Waals surface area contributed by atoms with Gasteiger partial charge >= 0.3 is 11.8 Å². The molecule has 2 rings (SSSR count). The third-order valence-corrected chi connectivity index (χ3v) is 5.03. The number of nitrogens with one attached hydrogen (secondary N) is 3. The number of carbonyl (C=O) groups excluding carboxylic acids is 3. The van der Waals surface area contributed by atoms with Gasteiger partial charge in [0.15, 0.2) is 18.1 Å². The highest BCUT2D eigenvalue weighted by molar-refractivity contribution is 14.1. The van der Waals surface area contributed by atoms with Crippen molar-refractivity contribution in [2.24, 2.45) is 5.10 Å². The number of hydrazone groups is 1. The van der Waals surface area contributed by atoms with E-state index in [9.17, 15) is 14.4 Å². The van der Waals surface area contributed by atoms with Gasteiger partial charge in [-0.1, -0.05) is 25.1 Å². The van der Waals surface area contributed by atoms with Crippen molar-refractivity contribution in [3.8, 4) is 11.5 Å². The Morgan fingerprint density at radius 3 is 2.53 bits per heavy atom. The lowest BCUT2D eigenvalue weighted by molar-refractivity contribution is -0.139. The Bertz CT molecular complexity index is 982. The standard InChI is InChI=1S/C22H25IN4O5/c1-4-14(2)25-21(29)22(30)27-24-12-15-10-17(23)20(18(11-15)31-3)32-13-19(28)26-16-8-6-5-7-9-16/h5-12,14H,4,13H2,1-3H3,(H,25,29)(H,26,28)(H,27,30)/b24-12-/t14-/m0/s1. The summed E-state index contributed by atoms with van der Waals surface area (Å²) >= 11 is 2.05. The maximum absolute atomic E-state index is 12.1. The van der Waals surface area contributed by atoms with Gasteiger partial charge in [0.05, 0.1) is 16.9 Å². The first-order valence-corrected chi connectivity index (χ1v) is 10.9. The highest BCUT2D eigenvalue weighted by Gasteiger charge is 2.15. The van der Waals surface area contributed by atoms with Gasteiger partial charge in [-0.25, -0.2) is 5.43 Å². The minimum atomic E-state index is -0.854. The quantitative estimate of drug-likeness (QED) is 0.192. The van der Waals surface area contributed by atoms with E-state index in [1.165, 1.54) is 13.3 Å². The summed E-state index contributed by atoms with van der Waals surface area (Å²) in [6, 6.07) is 12.3. The third-order valence-electron chi connectivity index (χ3n) is 4.23. The number of para-hydroxylation sites is 1. The molecule has 0 aliphatic heterocycles. The number of anilines is 1. The summed E-state index contributed by atoms with van der Waals surface area (Å²) in [6.07, 6.45) is 2.09. The first kappa shape index (κ1) is 25.1. The summed E-state index contributed by atoms with van der Waals surface area (Å²) in [5.41, 5.74) is 3.47. The predicted octanol–water partition coefficient (Wildman–Crippen LogP) is 2.68. The number of carbonyl (C=O) groups is 3. The Hall–Kier alpha value is -3.15. The van der Waals surface area contributed by atoms with Crippen LogP contribution in [0.25, 0.3) is 0 Å². The van der Waals surface area contributed by atoms with Crippen LogP contribution in [0.15, 0.2) is 47.6 Å². The van der Waals surface area contributed by atoms with Gasteiger partial charge in [0.1, 0.15) is 0 Å². The van der Waals surface area contributed by atoms with Crippen LogP contribution < -0.4 is 25.5 Å². The van der Waals surface area contributed by atoms with Gasteiger partial charge in [-0.15, -0.1) is 0 Å². The maximum Gasteiger partial charge on any atom is 0.329 e. The van der Waals surface area contributed by atoms with Crippen molar-refractivity contribution in [3.05, 3.63) is 51.6 Å². The molecule has 3 N–H and O–H groups in total. The number of ether oxygens (including phenoxy) is 2. The van der Waals surface area contributed by atoms with Crippen LogP contribution in [0.3, 0.4) is 0 Å². The molecule has 0 heterocycles. The highest BCUT2D eigenvalue weighted by Crippen LogP contribution is 2.33. The molecule has 170 valence electrons. The fraction of sp³-hybridized carbons (Fsp3) is 0.273. The molecule has 0 saturated heterocycles. The number of amides is 3. The summed E-state index contributed by atoms with van der Waals surface area (Å²) in [5, 5.41) is 9.11. The molecule has 32 heavy (non-hydrogen) atoms. The molecule has 0 saturated carbocycles. The number of halogens is 1. The van der Waals surface area contributed by atoms with Gasteiger partial charge in [0.25, 0.3) is 5.91 Å².